The molecule has 1 saturated heterocycles. The molecule has 4 heteroatoms. The van der Waals surface area contributed by atoms with Crippen LogP contribution in [0.3, 0.4) is 0 Å². The number of nitrogens with one attached hydrogen (secondary N) is 1. The highest BCUT2D eigenvalue weighted by Gasteiger charge is 2.24. The van der Waals surface area contributed by atoms with Gasteiger partial charge in [-0.05, 0) is 30.4 Å². The third-order valence-electron chi connectivity index (χ3n) is 3.99. The second-order valence-electron chi connectivity index (χ2n) is 5.32. The fraction of sp³-hybridized carbons (Fsp3) is 0.312. The number of likely N-dealkylation sites (tertiary alicyclic amines) is 1. The molecule has 0 atom stereocenters. The fourth-order valence-corrected chi connectivity index (χ4v) is 2.85. The minimum Gasteiger partial charge on any atom is -0.397 e. The summed E-state index contributed by atoms with van der Waals surface area (Å²) in [6.45, 7) is 1.61. The Bertz CT molecular complexity index is 583. The predicted octanol–water partition coefficient (Wildman–Crippen LogP) is 2.62. The van der Waals surface area contributed by atoms with E-state index in [9.17, 15) is 4.79 Å². The van der Waals surface area contributed by atoms with E-state index >= 15 is 0 Å². The molecule has 1 aromatic carbocycles. The molecule has 1 fully saturated rings. The molecule has 0 radical (unpaired) electrons. The van der Waals surface area contributed by atoms with Crippen molar-refractivity contribution in [3.05, 3.63) is 53.9 Å². The minimum atomic E-state index is 0.0493. The van der Waals surface area contributed by atoms with Crippen molar-refractivity contribution in [1.82, 2.24) is 9.88 Å². The average Bonchev–Trinajstić information content (AvgIpc) is 2.94. The van der Waals surface area contributed by atoms with Crippen molar-refractivity contribution in [3.8, 4) is 0 Å². The van der Waals surface area contributed by atoms with Crippen LogP contribution in [0.1, 0.15) is 34.8 Å². The summed E-state index contributed by atoms with van der Waals surface area (Å²) in [6, 6.07) is 12.2. The number of benzene rings is 1. The van der Waals surface area contributed by atoms with Gasteiger partial charge in [0.05, 0.1) is 0 Å². The van der Waals surface area contributed by atoms with Gasteiger partial charge < -0.3 is 15.6 Å². The molecular formula is C16H19N3O. The van der Waals surface area contributed by atoms with Gasteiger partial charge in [0, 0.05) is 25.0 Å². The normalized spacial score (nSPS) is 16.3. The summed E-state index contributed by atoms with van der Waals surface area (Å²) in [5.74, 6) is 0.613. The molecule has 1 aliphatic heterocycles. The molecule has 20 heavy (non-hydrogen) atoms. The molecule has 0 saturated carbocycles. The van der Waals surface area contributed by atoms with Crippen molar-refractivity contribution in [2.45, 2.75) is 18.8 Å². The van der Waals surface area contributed by atoms with Gasteiger partial charge in [-0.25, -0.2) is 0 Å². The lowest BCUT2D eigenvalue weighted by Crippen LogP contribution is -2.38. The number of hydrogen-bond donors (Lipinski definition) is 2. The van der Waals surface area contributed by atoms with Gasteiger partial charge in [0.25, 0.3) is 5.91 Å². The molecular weight excluding hydrogens is 250 g/mol. The summed E-state index contributed by atoms with van der Waals surface area (Å²) in [5, 5.41) is 0. The standard InChI is InChI=1S/C16H19N3O/c17-14-10-15(18-11-14)16(20)19-8-6-13(7-9-19)12-4-2-1-3-5-12/h1-5,10-11,13,18H,6-9,17H2. The number of nitrogen functional groups attached to an aromatic ring is 1. The number of aromatic amines is 1. The first-order chi connectivity index (χ1) is 9.74. The first-order valence-electron chi connectivity index (χ1n) is 7.02. The Labute approximate surface area is 118 Å². The zero-order valence-electron chi connectivity index (χ0n) is 11.4. The molecule has 1 aliphatic rings. The quantitative estimate of drug-likeness (QED) is 0.880. The number of nitrogens with zero attached hydrogens (tertiary/aromatic N) is 1. The fourth-order valence-electron chi connectivity index (χ4n) is 2.85. The van der Waals surface area contributed by atoms with Gasteiger partial charge in [0.1, 0.15) is 5.69 Å². The molecule has 0 spiro atoms. The van der Waals surface area contributed by atoms with E-state index in [1.54, 1.807) is 12.3 Å². The number of nitrogens with two attached hydrogens (primary N) is 1. The molecule has 0 unspecified atom stereocenters. The lowest BCUT2D eigenvalue weighted by Gasteiger charge is -2.32. The maximum absolute atomic E-state index is 12.3. The minimum absolute atomic E-state index is 0.0493. The van der Waals surface area contributed by atoms with Gasteiger partial charge in [-0.1, -0.05) is 30.3 Å². The number of anilines is 1. The second-order valence-corrected chi connectivity index (χ2v) is 5.32. The summed E-state index contributed by atoms with van der Waals surface area (Å²) in [4.78, 5) is 17.1. The lowest BCUT2D eigenvalue weighted by atomic mass is 9.89. The molecule has 0 bridgehead atoms. The van der Waals surface area contributed by atoms with Crippen LogP contribution in [0.15, 0.2) is 42.6 Å². The van der Waals surface area contributed by atoms with Crippen LogP contribution in [0.2, 0.25) is 0 Å². The van der Waals surface area contributed by atoms with Gasteiger partial charge in [0.15, 0.2) is 0 Å². The highest BCUT2D eigenvalue weighted by atomic mass is 16.2. The third-order valence-corrected chi connectivity index (χ3v) is 3.99. The zero-order chi connectivity index (χ0) is 13.9. The third kappa shape index (κ3) is 2.54. The Kier molecular flexibility index (Phi) is 3.46. The molecule has 104 valence electrons. The van der Waals surface area contributed by atoms with Crippen LogP contribution in [0.5, 0.6) is 0 Å². The molecule has 3 N–H and O–H groups in total. The first-order valence-corrected chi connectivity index (χ1v) is 7.02. The van der Waals surface area contributed by atoms with E-state index in [2.05, 4.69) is 29.2 Å². The number of carbonyl (C=O) groups is 1. The number of hydrogen-bond acceptors (Lipinski definition) is 2. The predicted molar refractivity (Wildman–Crippen MR) is 79.5 cm³/mol. The molecule has 3 rings (SSSR count). The molecule has 2 aromatic rings. The van der Waals surface area contributed by atoms with Gasteiger partial charge in [-0.15, -0.1) is 0 Å². The Morgan fingerprint density at radius 3 is 2.50 bits per heavy atom. The average molecular weight is 269 g/mol. The Hall–Kier alpha value is -2.23. The SMILES string of the molecule is Nc1c[nH]c(C(=O)N2CCC(c3ccccc3)CC2)c1. The van der Waals surface area contributed by atoms with Crippen LogP contribution in [-0.2, 0) is 0 Å². The second kappa shape index (κ2) is 5.41. The number of amides is 1. The maximum atomic E-state index is 12.3. The number of rotatable bonds is 2. The van der Waals surface area contributed by atoms with Crippen molar-refractivity contribution >= 4 is 11.6 Å². The summed E-state index contributed by atoms with van der Waals surface area (Å²) in [5.41, 5.74) is 8.21. The van der Waals surface area contributed by atoms with E-state index in [0.717, 1.165) is 25.9 Å². The topological polar surface area (TPSA) is 62.1 Å². The smallest absolute Gasteiger partial charge is 0.270 e. The van der Waals surface area contributed by atoms with Crippen LogP contribution in [0, 0.1) is 0 Å². The lowest BCUT2D eigenvalue weighted by molar-refractivity contribution is 0.0708. The zero-order valence-corrected chi connectivity index (χ0v) is 11.4. The van der Waals surface area contributed by atoms with Gasteiger partial charge in [-0.2, -0.15) is 0 Å². The van der Waals surface area contributed by atoms with Crippen molar-refractivity contribution in [3.63, 3.8) is 0 Å². The molecule has 1 amide bonds. The van der Waals surface area contributed by atoms with Crippen molar-refractivity contribution in [2.75, 3.05) is 18.8 Å². The van der Waals surface area contributed by atoms with Crippen molar-refractivity contribution in [1.29, 1.82) is 0 Å². The summed E-state index contributed by atoms with van der Waals surface area (Å²) >= 11 is 0. The summed E-state index contributed by atoms with van der Waals surface area (Å²) in [7, 11) is 0. The number of piperidine rings is 1. The Morgan fingerprint density at radius 2 is 1.90 bits per heavy atom. The number of H-pyrrole nitrogens is 1. The Morgan fingerprint density at radius 1 is 1.20 bits per heavy atom. The van der Waals surface area contributed by atoms with Crippen LogP contribution in [0.25, 0.3) is 0 Å². The summed E-state index contributed by atoms with van der Waals surface area (Å²) < 4.78 is 0. The number of aromatic nitrogens is 1. The van der Waals surface area contributed by atoms with Gasteiger partial charge in [-0.3, -0.25) is 4.79 Å². The van der Waals surface area contributed by atoms with Crippen LogP contribution in [-0.4, -0.2) is 28.9 Å². The van der Waals surface area contributed by atoms with E-state index < -0.39 is 0 Å². The van der Waals surface area contributed by atoms with Crippen molar-refractivity contribution < 1.29 is 4.79 Å². The van der Waals surface area contributed by atoms with Gasteiger partial charge in [0.2, 0.25) is 0 Å². The van der Waals surface area contributed by atoms with E-state index in [1.165, 1.54) is 5.56 Å². The summed E-state index contributed by atoms with van der Waals surface area (Å²) in [6.07, 6.45) is 3.70. The van der Waals surface area contributed by atoms with E-state index in [0.29, 0.717) is 17.3 Å². The molecule has 4 nitrogen and oxygen atoms in total. The van der Waals surface area contributed by atoms with E-state index in [4.69, 9.17) is 5.73 Å². The monoisotopic (exact) mass is 269 g/mol. The molecule has 2 heterocycles. The first kappa shape index (κ1) is 12.8. The molecule has 0 aliphatic carbocycles. The van der Waals surface area contributed by atoms with Crippen LogP contribution in [0.4, 0.5) is 5.69 Å². The van der Waals surface area contributed by atoms with E-state index in [-0.39, 0.29) is 5.91 Å². The Balaban J connectivity index is 1.63. The van der Waals surface area contributed by atoms with Gasteiger partial charge >= 0.3 is 0 Å². The van der Waals surface area contributed by atoms with E-state index in [1.807, 2.05) is 11.0 Å². The maximum Gasteiger partial charge on any atom is 0.270 e. The largest absolute Gasteiger partial charge is 0.397 e. The van der Waals surface area contributed by atoms with Crippen LogP contribution < -0.4 is 5.73 Å². The molecule has 1 aromatic heterocycles. The van der Waals surface area contributed by atoms with Crippen LogP contribution >= 0.6 is 0 Å². The highest BCUT2D eigenvalue weighted by molar-refractivity contribution is 5.93. The highest BCUT2D eigenvalue weighted by Crippen LogP contribution is 2.28. The number of carbonyl (C=O) groups excluding carboxylic acids is 1. The van der Waals surface area contributed by atoms with Crippen molar-refractivity contribution in [2.24, 2.45) is 0 Å².